The normalized spacial score (nSPS) is 15.9. The van der Waals surface area contributed by atoms with Crippen molar-refractivity contribution in [1.82, 2.24) is 10.6 Å². The second-order valence-electron chi connectivity index (χ2n) is 7.82. The third-order valence-corrected chi connectivity index (χ3v) is 5.63. The maximum atomic E-state index is 5.67. The van der Waals surface area contributed by atoms with Gasteiger partial charge in [0, 0.05) is 38.3 Å². The van der Waals surface area contributed by atoms with Gasteiger partial charge in [0.05, 0.1) is 12.8 Å². The molecule has 0 unspecified atom stereocenters. The quantitative estimate of drug-likeness (QED) is 0.202. The number of halogens is 1. The van der Waals surface area contributed by atoms with Crippen LogP contribution in [0.3, 0.4) is 0 Å². The van der Waals surface area contributed by atoms with Gasteiger partial charge in [-0.2, -0.15) is 0 Å². The Morgan fingerprint density at radius 1 is 1.13 bits per heavy atom. The molecule has 1 aliphatic rings. The number of furan rings is 1. The molecular formula is C24H36IN3O3. The summed E-state index contributed by atoms with van der Waals surface area (Å²) in [6.07, 6.45) is 4.58. The topological polar surface area (TPSA) is 68.0 Å². The Hall–Kier alpha value is -1.58. The largest absolute Gasteiger partial charge is 0.467 e. The molecule has 2 heterocycles. The molecular weight excluding hydrogens is 505 g/mol. The van der Waals surface area contributed by atoms with E-state index in [1.54, 1.807) is 6.26 Å². The highest BCUT2D eigenvalue weighted by Gasteiger charge is 2.35. The van der Waals surface area contributed by atoms with Crippen LogP contribution in [0.25, 0.3) is 0 Å². The average Bonchev–Trinajstić information content (AvgIpc) is 3.29. The molecule has 1 saturated heterocycles. The van der Waals surface area contributed by atoms with Crippen molar-refractivity contribution in [3.8, 4) is 0 Å². The molecule has 1 aromatic heterocycles. The molecule has 0 atom stereocenters. The number of hydrogen-bond acceptors (Lipinski definition) is 4. The maximum absolute atomic E-state index is 5.67. The van der Waals surface area contributed by atoms with Gasteiger partial charge in [0.1, 0.15) is 12.4 Å². The van der Waals surface area contributed by atoms with E-state index in [1.807, 2.05) is 12.1 Å². The van der Waals surface area contributed by atoms with Crippen LogP contribution in [0.15, 0.2) is 52.1 Å². The third kappa shape index (κ3) is 7.80. The van der Waals surface area contributed by atoms with Crippen LogP contribution in [0.2, 0.25) is 0 Å². The van der Waals surface area contributed by atoms with E-state index in [0.29, 0.717) is 13.2 Å². The molecule has 2 N–H and O–H groups in total. The molecule has 1 fully saturated rings. The Bertz CT molecular complexity index is 774. The van der Waals surface area contributed by atoms with E-state index in [-0.39, 0.29) is 29.4 Å². The first-order valence-electron chi connectivity index (χ1n) is 11.0. The van der Waals surface area contributed by atoms with Crippen molar-refractivity contribution in [1.29, 1.82) is 0 Å². The van der Waals surface area contributed by atoms with E-state index in [9.17, 15) is 0 Å². The first-order valence-corrected chi connectivity index (χ1v) is 11.0. The number of nitrogens with one attached hydrogen (secondary N) is 2. The molecule has 0 saturated carbocycles. The molecule has 0 aliphatic carbocycles. The van der Waals surface area contributed by atoms with Gasteiger partial charge < -0.3 is 24.5 Å². The molecule has 0 bridgehead atoms. The van der Waals surface area contributed by atoms with Gasteiger partial charge in [-0.1, -0.05) is 24.3 Å². The Kier molecular flexibility index (Phi) is 11.4. The molecule has 2 aromatic rings. The highest BCUT2D eigenvalue weighted by Crippen LogP contribution is 2.37. The summed E-state index contributed by atoms with van der Waals surface area (Å²) in [7, 11) is 0. The summed E-state index contributed by atoms with van der Waals surface area (Å²) in [5, 5.41) is 6.81. The maximum Gasteiger partial charge on any atom is 0.191 e. The number of guanidine groups is 1. The molecule has 1 aromatic carbocycles. The lowest BCUT2D eigenvalue weighted by atomic mass is 9.72. The van der Waals surface area contributed by atoms with Crippen molar-refractivity contribution in [3.05, 3.63) is 59.5 Å². The molecule has 7 heteroatoms. The number of benzene rings is 1. The second kappa shape index (κ2) is 13.8. The van der Waals surface area contributed by atoms with Gasteiger partial charge in [0.2, 0.25) is 0 Å². The fourth-order valence-corrected chi connectivity index (χ4v) is 3.96. The second-order valence-corrected chi connectivity index (χ2v) is 7.82. The highest BCUT2D eigenvalue weighted by atomic mass is 127. The van der Waals surface area contributed by atoms with Crippen LogP contribution in [0.5, 0.6) is 0 Å². The summed E-state index contributed by atoms with van der Waals surface area (Å²) in [4.78, 5) is 4.97. The number of rotatable bonds is 10. The Balaban J connectivity index is 0.00000341. The van der Waals surface area contributed by atoms with Crippen molar-refractivity contribution < 1.29 is 13.9 Å². The van der Waals surface area contributed by atoms with Gasteiger partial charge in [-0.25, -0.2) is 0 Å². The summed E-state index contributed by atoms with van der Waals surface area (Å²) >= 11 is 0. The first-order chi connectivity index (χ1) is 14.7. The van der Waals surface area contributed by atoms with Crippen LogP contribution in [0, 0.1) is 6.92 Å². The van der Waals surface area contributed by atoms with E-state index in [1.165, 1.54) is 11.1 Å². The lowest BCUT2D eigenvalue weighted by molar-refractivity contribution is 0.0529. The predicted molar refractivity (Wildman–Crippen MR) is 135 cm³/mol. The van der Waals surface area contributed by atoms with Crippen molar-refractivity contribution in [2.75, 3.05) is 39.5 Å². The lowest BCUT2D eigenvalue weighted by Crippen LogP contribution is -2.42. The minimum Gasteiger partial charge on any atom is -0.467 e. The van der Waals surface area contributed by atoms with Crippen LogP contribution in [0.4, 0.5) is 0 Å². The van der Waals surface area contributed by atoms with Crippen molar-refractivity contribution in [3.63, 3.8) is 0 Å². The third-order valence-electron chi connectivity index (χ3n) is 5.63. The van der Waals surface area contributed by atoms with E-state index >= 15 is 0 Å². The van der Waals surface area contributed by atoms with Gasteiger partial charge in [0.15, 0.2) is 5.96 Å². The molecule has 6 nitrogen and oxygen atoms in total. The predicted octanol–water partition coefficient (Wildman–Crippen LogP) is 4.42. The minimum atomic E-state index is 0. The van der Waals surface area contributed by atoms with Crippen molar-refractivity contribution in [2.24, 2.45) is 4.99 Å². The van der Waals surface area contributed by atoms with Crippen molar-refractivity contribution >= 4 is 29.9 Å². The van der Waals surface area contributed by atoms with Crippen LogP contribution in [0.1, 0.15) is 43.1 Å². The lowest BCUT2D eigenvalue weighted by Gasteiger charge is -2.37. The minimum absolute atomic E-state index is 0. The summed E-state index contributed by atoms with van der Waals surface area (Å²) in [5.74, 6) is 1.72. The smallest absolute Gasteiger partial charge is 0.191 e. The Labute approximate surface area is 203 Å². The monoisotopic (exact) mass is 541 g/mol. The number of ether oxygens (including phenoxy) is 2. The number of hydrogen-bond donors (Lipinski definition) is 2. The van der Waals surface area contributed by atoms with Gasteiger partial charge >= 0.3 is 0 Å². The number of aliphatic imine (C=N–C) groups is 1. The zero-order valence-corrected chi connectivity index (χ0v) is 21.0. The number of nitrogens with zero attached hydrogens (tertiary/aromatic N) is 1. The molecule has 3 rings (SSSR count). The zero-order chi connectivity index (χ0) is 21.1. The van der Waals surface area contributed by atoms with Gasteiger partial charge in [-0.05, 0) is 56.4 Å². The van der Waals surface area contributed by atoms with E-state index in [4.69, 9.17) is 18.9 Å². The van der Waals surface area contributed by atoms with E-state index in [0.717, 1.165) is 63.8 Å². The fraction of sp³-hybridized carbons (Fsp3) is 0.542. The summed E-state index contributed by atoms with van der Waals surface area (Å²) in [6.45, 7) is 9.47. The number of aryl methyl sites for hydroxylation is 1. The van der Waals surface area contributed by atoms with E-state index in [2.05, 4.69) is 48.7 Å². The molecule has 1 aliphatic heterocycles. The Morgan fingerprint density at radius 2 is 1.94 bits per heavy atom. The van der Waals surface area contributed by atoms with Gasteiger partial charge in [0.25, 0.3) is 0 Å². The SMILES string of the molecule is CCNC(=NCC1(c2ccccc2C)CCOCC1)NCCCOCc1ccco1.I. The molecule has 0 spiro atoms. The average molecular weight is 541 g/mol. The van der Waals surface area contributed by atoms with Crippen LogP contribution in [-0.4, -0.2) is 45.4 Å². The van der Waals surface area contributed by atoms with Gasteiger partial charge in [-0.3, -0.25) is 4.99 Å². The summed E-state index contributed by atoms with van der Waals surface area (Å²) in [5.41, 5.74) is 2.78. The summed E-state index contributed by atoms with van der Waals surface area (Å²) < 4.78 is 16.6. The van der Waals surface area contributed by atoms with Gasteiger partial charge in [-0.15, -0.1) is 24.0 Å². The zero-order valence-electron chi connectivity index (χ0n) is 18.7. The Morgan fingerprint density at radius 3 is 2.65 bits per heavy atom. The fourth-order valence-electron chi connectivity index (χ4n) is 3.96. The van der Waals surface area contributed by atoms with E-state index < -0.39 is 0 Å². The van der Waals surface area contributed by atoms with Crippen LogP contribution >= 0.6 is 24.0 Å². The van der Waals surface area contributed by atoms with Crippen LogP contribution in [-0.2, 0) is 21.5 Å². The summed E-state index contributed by atoms with van der Waals surface area (Å²) in [6, 6.07) is 12.5. The molecule has 0 amide bonds. The standard InChI is InChI=1S/C24H35N3O3.HI/c1-3-25-23(26-13-7-14-29-18-21-9-6-15-30-21)27-19-24(11-16-28-17-12-24)22-10-5-4-8-20(22)2;/h4-6,8-10,15H,3,7,11-14,16-19H2,1-2H3,(H2,25,26,27);1H. The van der Waals surface area contributed by atoms with Crippen LogP contribution < -0.4 is 10.6 Å². The molecule has 172 valence electrons. The first kappa shape index (κ1) is 25.7. The van der Waals surface area contributed by atoms with Crippen molar-refractivity contribution in [2.45, 2.75) is 45.1 Å². The molecule has 31 heavy (non-hydrogen) atoms. The molecule has 0 radical (unpaired) electrons. The highest BCUT2D eigenvalue weighted by molar-refractivity contribution is 14.0.